The van der Waals surface area contributed by atoms with Crippen molar-refractivity contribution in [3.8, 4) is 11.5 Å². The largest absolute Gasteiger partial charge is 0.486 e. The van der Waals surface area contributed by atoms with Crippen LogP contribution < -0.4 is 9.47 Å². The third-order valence-corrected chi connectivity index (χ3v) is 7.88. The number of piperazine rings is 1. The smallest absolute Gasteiger partial charge is 0.243 e. The lowest BCUT2D eigenvalue weighted by Gasteiger charge is -2.34. The van der Waals surface area contributed by atoms with Gasteiger partial charge in [-0.05, 0) is 12.1 Å². The summed E-state index contributed by atoms with van der Waals surface area (Å²) in [7, 11) is -3.67. The number of nitrogens with zero attached hydrogens (tertiary/aromatic N) is 4. The van der Waals surface area contributed by atoms with E-state index in [1.54, 1.807) is 11.0 Å². The number of carbonyl (C=O) groups excluding carboxylic acids is 1. The molecule has 5 rings (SSSR count). The van der Waals surface area contributed by atoms with Gasteiger partial charge in [-0.2, -0.15) is 4.31 Å². The Morgan fingerprint density at radius 3 is 2.63 bits per heavy atom. The van der Waals surface area contributed by atoms with Gasteiger partial charge in [0.05, 0.1) is 17.0 Å². The van der Waals surface area contributed by atoms with Gasteiger partial charge in [0, 0.05) is 50.0 Å². The topological polar surface area (TPSA) is 93.5 Å². The maximum absolute atomic E-state index is 13.0. The zero-order valence-electron chi connectivity index (χ0n) is 16.1. The summed E-state index contributed by atoms with van der Waals surface area (Å²) in [6.45, 7) is 2.05. The number of rotatable bonds is 4. The van der Waals surface area contributed by atoms with E-state index < -0.39 is 10.0 Å². The van der Waals surface area contributed by atoms with Crippen LogP contribution in [0.3, 0.4) is 0 Å². The monoisotopic (exact) mass is 448 g/mol. The summed E-state index contributed by atoms with van der Waals surface area (Å²) in [4.78, 5) is 19.8. The van der Waals surface area contributed by atoms with Crippen LogP contribution in [-0.2, 0) is 21.2 Å². The summed E-state index contributed by atoms with van der Waals surface area (Å²) < 4.78 is 40.3. The van der Waals surface area contributed by atoms with Crippen LogP contribution in [0, 0.1) is 0 Å². The Morgan fingerprint density at radius 1 is 1.10 bits per heavy atom. The van der Waals surface area contributed by atoms with Crippen molar-refractivity contribution in [3.05, 3.63) is 41.7 Å². The molecule has 11 heteroatoms. The standard InChI is InChI=1S/C19H20N4O5S2/c24-18(11-14-13-22-7-10-29-19(22)20-14)21-3-5-23(6-4-21)30(25,26)15-1-2-16-17(12-15)28-9-8-27-16/h1-2,7,10,12-13H,3-6,8-9,11H2. The molecule has 0 aliphatic carbocycles. The van der Waals surface area contributed by atoms with Gasteiger partial charge in [0.15, 0.2) is 16.5 Å². The first-order valence-corrected chi connectivity index (χ1v) is 11.9. The number of aromatic nitrogens is 2. The van der Waals surface area contributed by atoms with Crippen molar-refractivity contribution in [2.75, 3.05) is 39.4 Å². The van der Waals surface area contributed by atoms with E-state index >= 15 is 0 Å². The number of hydrogen-bond acceptors (Lipinski definition) is 7. The van der Waals surface area contributed by atoms with Crippen LogP contribution in [-0.4, -0.2) is 72.3 Å². The Balaban J connectivity index is 1.23. The molecule has 1 saturated heterocycles. The normalized spacial score (nSPS) is 17.4. The second kappa shape index (κ2) is 7.56. The van der Waals surface area contributed by atoms with Gasteiger partial charge in [-0.25, -0.2) is 13.4 Å². The molecule has 0 unspecified atom stereocenters. The minimum Gasteiger partial charge on any atom is -0.486 e. The molecular formula is C19H20N4O5S2. The van der Waals surface area contributed by atoms with Crippen LogP contribution in [0.25, 0.3) is 4.96 Å². The lowest BCUT2D eigenvalue weighted by Crippen LogP contribution is -2.50. The predicted octanol–water partition coefficient (Wildman–Crippen LogP) is 1.24. The summed E-state index contributed by atoms with van der Waals surface area (Å²) in [6, 6.07) is 4.66. The molecule has 158 valence electrons. The van der Waals surface area contributed by atoms with Crippen LogP contribution in [0.4, 0.5) is 0 Å². The van der Waals surface area contributed by atoms with Crippen LogP contribution in [0.5, 0.6) is 11.5 Å². The molecule has 0 bridgehead atoms. The van der Waals surface area contributed by atoms with E-state index in [0.717, 1.165) is 10.7 Å². The van der Waals surface area contributed by atoms with Gasteiger partial charge in [0.25, 0.3) is 0 Å². The van der Waals surface area contributed by atoms with Crippen LogP contribution in [0.2, 0.25) is 0 Å². The molecule has 0 N–H and O–H groups in total. The highest BCUT2D eigenvalue weighted by Gasteiger charge is 2.31. The molecule has 2 aliphatic heterocycles. The fraction of sp³-hybridized carbons (Fsp3) is 0.368. The summed E-state index contributed by atoms with van der Waals surface area (Å²) in [6.07, 6.45) is 3.97. The van der Waals surface area contributed by atoms with Gasteiger partial charge in [0.1, 0.15) is 13.2 Å². The Kier molecular flexibility index (Phi) is 4.88. The summed E-state index contributed by atoms with van der Waals surface area (Å²) >= 11 is 1.52. The first-order valence-electron chi connectivity index (χ1n) is 9.59. The average Bonchev–Trinajstić information content (AvgIpc) is 3.35. The molecule has 1 amide bonds. The highest BCUT2D eigenvalue weighted by Crippen LogP contribution is 2.33. The van der Waals surface area contributed by atoms with E-state index in [2.05, 4.69) is 4.98 Å². The summed E-state index contributed by atoms with van der Waals surface area (Å²) in [5.41, 5.74) is 0.721. The van der Waals surface area contributed by atoms with Crippen LogP contribution in [0.15, 0.2) is 40.9 Å². The van der Waals surface area contributed by atoms with Crippen LogP contribution >= 0.6 is 11.3 Å². The Labute approximate surface area is 177 Å². The maximum Gasteiger partial charge on any atom is 0.243 e. The Morgan fingerprint density at radius 2 is 1.87 bits per heavy atom. The average molecular weight is 449 g/mol. The second-order valence-corrected chi connectivity index (χ2v) is 9.90. The number of amides is 1. The molecule has 30 heavy (non-hydrogen) atoms. The molecule has 1 fully saturated rings. The minimum atomic E-state index is -3.67. The van der Waals surface area contributed by atoms with E-state index in [-0.39, 0.29) is 30.3 Å². The SMILES string of the molecule is O=C(Cc1cn2ccsc2n1)N1CCN(S(=O)(=O)c2ccc3c(c2)OCCO3)CC1. The number of imidazole rings is 1. The molecule has 9 nitrogen and oxygen atoms in total. The fourth-order valence-electron chi connectivity index (χ4n) is 3.64. The number of thiazole rings is 1. The van der Waals surface area contributed by atoms with E-state index in [4.69, 9.17) is 9.47 Å². The predicted molar refractivity (Wildman–Crippen MR) is 110 cm³/mol. The zero-order chi connectivity index (χ0) is 20.7. The van der Waals surface area contributed by atoms with E-state index in [1.165, 1.54) is 27.8 Å². The number of carbonyl (C=O) groups is 1. The molecule has 3 aromatic rings. The third kappa shape index (κ3) is 3.53. The Bertz CT molecular complexity index is 1170. The molecule has 0 radical (unpaired) electrons. The van der Waals surface area contributed by atoms with Gasteiger partial charge in [-0.1, -0.05) is 0 Å². The molecule has 4 heterocycles. The van der Waals surface area contributed by atoms with Crippen molar-refractivity contribution >= 4 is 32.2 Å². The molecule has 2 aromatic heterocycles. The van der Waals surface area contributed by atoms with Crippen molar-refractivity contribution < 1.29 is 22.7 Å². The summed E-state index contributed by atoms with van der Waals surface area (Å²) in [5.74, 6) is 0.947. The minimum absolute atomic E-state index is 0.0443. The lowest BCUT2D eigenvalue weighted by atomic mass is 10.2. The number of benzene rings is 1. The van der Waals surface area contributed by atoms with E-state index in [9.17, 15) is 13.2 Å². The summed E-state index contributed by atoms with van der Waals surface area (Å²) in [5, 5.41) is 1.94. The van der Waals surface area contributed by atoms with Gasteiger partial charge < -0.3 is 14.4 Å². The van der Waals surface area contributed by atoms with Crippen molar-refractivity contribution in [2.45, 2.75) is 11.3 Å². The number of fused-ring (bicyclic) bond motifs is 2. The highest BCUT2D eigenvalue weighted by molar-refractivity contribution is 7.89. The van der Waals surface area contributed by atoms with Gasteiger partial charge >= 0.3 is 0 Å². The van der Waals surface area contributed by atoms with E-state index in [1.807, 2.05) is 22.2 Å². The molecule has 1 aromatic carbocycles. The first kappa shape index (κ1) is 19.3. The van der Waals surface area contributed by atoms with E-state index in [0.29, 0.717) is 37.8 Å². The number of ether oxygens (including phenoxy) is 2. The number of sulfonamides is 1. The van der Waals surface area contributed by atoms with Crippen molar-refractivity contribution in [3.63, 3.8) is 0 Å². The molecular weight excluding hydrogens is 428 g/mol. The van der Waals surface area contributed by atoms with Gasteiger partial charge in [0.2, 0.25) is 15.9 Å². The lowest BCUT2D eigenvalue weighted by molar-refractivity contribution is -0.131. The maximum atomic E-state index is 13.0. The molecule has 0 spiro atoms. The first-order chi connectivity index (χ1) is 14.5. The van der Waals surface area contributed by atoms with Gasteiger partial charge in [-0.3, -0.25) is 9.20 Å². The quantitative estimate of drug-likeness (QED) is 0.596. The number of hydrogen-bond donors (Lipinski definition) is 0. The second-order valence-electron chi connectivity index (χ2n) is 7.09. The molecule has 0 atom stereocenters. The van der Waals surface area contributed by atoms with Gasteiger partial charge in [-0.15, -0.1) is 11.3 Å². The van der Waals surface area contributed by atoms with Crippen molar-refractivity contribution in [1.82, 2.24) is 18.6 Å². The molecule has 0 saturated carbocycles. The Hall–Kier alpha value is -2.63. The highest BCUT2D eigenvalue weighted by atomic mass is 32.2. The van der Waals surface area contributed by atoms with Crippen molar-refractivity contribution in [2.24, 2.45) is 0 Å². The fourth-order valence-corrected chi connectivity index (χ4v) is 5.80. The third-order valence-electron chi connectivity index (χ3n) is 5.22. The van der Waals surface area contributed by atoms with Crippen LogP contribution in [0.1, 0.15) is 5.69 Å². The zero-order valence-corrected chi connectivity index (χ0v) is 17.7. The van der Waals surface area contributed by atoms with Crippen molar-refractivity contribution in [1.29, 1.82) is 0 Å². The molecule has 2 aliphatic rings.